The van der Waals surface area contributed by atoms with Gasteiger partial charge in [-0.2, -0.15) is 0 Å². The molecule has 1 aromatic carbocycles. The number of carbonyl (C=O) groups is 2. The average Bonchev–Trinajstić information content (AvgIpc) is 2.53. The van der Waals surface area contributed by atoms with E-state index in [0.29, 0.717) is 44.2 Å². The molecule has 6 heteroatoms. The van der Waals surface area contributed by atoms with E-state index in [1.807, 2.05) is 0 Å². The Bertz CT molecular complexity index is 415. The van der Waals surface area contributed by atoms with E-state index in [4.69, 9.17) is 18.9 Å². The fourth-order valence-electron chi connectivity index (χ4n) is 1.44. The van der Waals surface area contributed by atoms with Crippen LogP contribution < -0.4 is 0 Å². The van der Waals surface area contributed by atoms with Crippen molar-refractivity contribution in [1.29, 1.82) is 0 Å². The summed E-state index contributed by atoms with van der Waals surface area (Å²) in [5, 5.41) is 0. The second kappa shape index (κ2) is 11.0. The normalized spacial score (nSPS) is 10.3. The van der Waals surface area contributed by atoms with Gasteiger partial charge in [-0.25, -0.2) is 4.79 Å². The summed E-state index contributed by atoms with van der Waals surface area (Å²) in [7, 11) is 1.61. The summed E-state index contributed by atoms with van der Waals surface area (Å²) in [5.41, 5.74) is 0.923. The molecule has 0 aromatic heterocycles. The minimum atomic E-state index is -0.438. The molecule has 0 saturated heterocycles. The molecule has 0 aliphatic rings. The molecule has 0 atom stereocenters. The second-order valence-corrected chi connectivity index (χ2v) is 4.09. The van der Waals surface area contributed by atoms with E-state index < -0.39 is 5.97 Å². The first kappa shape index (κ1) is 17.3. The zero-order chi connectivity index (χ0) is 15.3. The number of aldehydes is 1. The number of methoxy groups -OCH3 is 1. The molecule has 0 radical (unpaired) electrons. The van der Waals surface area contributed by atoms with E-state index in [1.54, 1.807) is 31.4 Å². The Morgan fingerprint density at radius 2 is 1.52 bits per heavy atom. The molecule has 0 fully saturated rings. The molecule has 0 saturated carbocycles. The highest BCUT2D eigenvalue weighted by molar-refractivity contribution is 5.90. The van der Waals surface area contributed by atoms with Crippen LogP contribution in [0.5, 0.6) is 0 Å². The maximum Gasteiger partial charge on any atom is 0.338 e. The highest BCUT2D eigenvalue weighted by Crippen LogP contribution is 2.04. The molecule has 0 unspecified atom stereocenters. The average molecular weight is 296 g/mol. The predicted octanol–water partition coefficient (Wildman–Crippen LogP) is 1.34. The van der Waals surface area contributed by atoms with Gasteiger partial charge in [0, 0.05) is 12.7 Å². The number of benzene rings is 1. The number of hydrogen-bond donors (Lipinski definition) is 0. The molecular weight excluding hydrogens is 276 g/mol. The third-order valence-corrected chi connectivity index (χ3v) is 2.55. The Kier molecular flexibility index (Phi) is 9.03. The lowest BCUT2D eigenvalue weighted by atomic mass is 10.1. The fraction of sp³-hybridized carbons (Fsp3) is 0.467. The van der Waals surface area contributed by atoms with Crippen LogP contribution in [0.4, 0.5) is 0 Å². The molecule has 1 aromatic rings. The number of esters is 1. The van der Waals surface area contributed by atoms with Crippen molar-refractivity contribution in [2.75, 3.05) is 46.8 Å². The third-order valence-electron chi connectivity index (χ3n) is 2.55. The maximum absolute atomic E-state index is 11.6. The van der Waals surface area contributed by atoms with Crippen molar-refractivity contribution in [1.82, 2.24) is 0 Å². The summed E-state index contributed by atoms with van der Waals surface area (Å²) < 4.78 is 20.3. The molecule has 21 heavy (non-hydrogen) atoms. The lowest BCUT2D eigenvalue weighted by Gasteiger charge is -2.07. The van der Waals surface area contributed by atoms with Gasteiger partial charge in [0.25, 0.3) is 0 Å². The molecule has 116 valence electrons. The zero-order valence-electron chi connectivity index (χ0n) is 12.1. The van der Waals surface area contributed by atoms with Crippen molar-refractivity contribution in [3.8, 4) is 0 Å². The molecular formula is C15H20O6. The largest absolute Gasteiger partial charge is 0.460 e. The Balaban J connectivity index is 2.06. The van der Waals surface area contributed by atoms with Gasteiger partial charge in [-0.3, -0.25) is 4.79 Å². The van der Waals surface area contributed by atoms with Crippen LogP contribution in [0.25, 0.3) is 0 Å². The van der Waals surface area contributed by atoms with Gasteiger partial charge in [0.1, 0.15) is 12.9 Å². The zero-order valence-corrected chi connectivity index (χ0v) is 12.1. The number of ether oxygens (including phenoxy) is 4. The summed E-state index contributed by atoms with van der Waals surface area (Å²) in [5.74, 6) is -0.438. The van der Waals surface area contributed by atoms with E-state index in [2.05, 4.69) is 0 Å². The standard InChI is InChI=1S/C15H20O6/c1-18-6-7-19-8-9-20-10-11-21-15(17)14-4-2-13(12-16)3-5-14/h2-5,12H,6-11H2,1H3. The van der Waals surface area contributed by atoms with E-state index >= 15 is 0 Å². The summed E-state index contributed by atoms with van der Waals surface area (Å²) >= 11 is 0. The van der Waals surface area contributed by atoms with Crippen LogP contribution in [0, 0.1) is 0 Å². The number of rotatable bonds is 11. The lowest BCUT2D eigenvalue weighted by molar-refractivity contribution is 0.00570. The van der Waals surface area contributed by atoms with Gasteiger partial charge in [-0.05, 0) is 12.1 Å². The molecule has 0 spiro atoms. The Morgan fingerprint density at radius 1 is 0.952 bits per heavy atom. The van der Waals surface area contributed by atoms with Crippen LogP contribution in [-0.2, 0) is 18.9 Å². The first-order chi connectivity index (χ1) is 10.3. The maximum atomic E-state index is 11.6. The smallest absolute Gasteiger partial charge is 0.338 e. The van der Waals surface area contributed by atoms with E-state index in [9.17, 15) is 9.59 Å². The third kappa shape index (κ3) is 7.55. The molecule has 0 amide bonds. The van der Waals surface area contributed by atoms with Crippen LogP contribution >= 0.6 is 0 Å². The lowest BCUT2D eigenvalue weighted by Crippen LogP contribution is -2.13. The Labute approximate surface area is 123 Å². The van der Waals surface area contributed by atoms with Crippen molar-refractivity contribution >= 4 is 12.3 Å². The second-order valence-electron chi connectivity index (χ2n) is 4.09. The molecule has 6 nitrogen and oxygen atoms in total. The van der Waals surface area contributed by atoms with E-state index in [1.165, 1.54) is 0 Å². The first-order valence-electron chi connectivity index (χ1n) is 6.64. The summed E-state index contributed by atoms with van der Waals surface area (Å²) in [6.45, 7) is 2.49. The van der Waals surface area contributed by atoms with Crippen molar-refractivity contribution < 1.29 is 28.5 Å². The minimum Gasteiger partial charge on any atom is -0.460 e. The fourth-order valence-corrected chi connectivity index (χ4v) is 1.44. The SMILES string of the molecule is COCCOCCOCCOC(=O)c1ccc(C=O)cc1. The van der Waals surface area contributed by atoms with Crippen LogP contribution in [0.3, 0.4) is 0 Å². The first-order valence-corrected chi connectivity index (χ1v) is 6.64. The van der Waals surface area contributed by atoms with Gasteiger partial charge >= 0.3 is 5.97 Å². The van der Waals surface area contributed by atoms with Crippen molar-refractivity contribution in [2.24, 2.45) is 0 Å². The summed E-state index contributed by atoms with van der Waals surface area (Å²) in [4.78, 5) is 22.1. The highest BCUT2D eigenvalue weighted by Gasteiger charge is 2.06. The molecule has 0 aliphatic heterocycles. The predicted molar refractivity (Wildman–Crippen MR) is 75.6 cm³/mol. The monoisotopic (exact) mass is 296 g/mol. The van der Waals surface area contributed by atoms with Crippen molar-refractivity contribution in [2.45, 2.75) is 0 Å². The molecule has 0 aliphatic carbocycles. The quantitative estimate of drug-likeness (QED) is 0.348. The van der Waals surface area contributed by atoms with Crippen LogP contribution in [0.1, 0.15) is 20.7 Å². The van der Waals surface area contributed by atoms with Crippen molar-refractivity contribution in [3.05, 3.63) is 35.4 Å². The van der Waals surface area contributed by atoms with Gasteiger partial charge in [0.2, 0.25) is 0 Å². The molecule has 0 heterocycles. The van der Waals surface area contributed by atoms with Crippen LogP contribution in [0.15, 0.2) is 24.3 Å². The Hall–Kier alpha value is -1.76. The topological polar surface area (TPSA) is 71.1 Å². The molecule has 1 rings (SSSR count). The summed E-state index contributed by atoms with van der Waals surface area (Å²) in [6, 6.07) is 6.24. The van der Waals surface area contributed by atoms with Crippen LogP contribution in [0.2, 0.25) is 0 Å². The highest BCUT2D eigenvalue weighted by atomic mass is 16.6. The van der Waals surface area contributed by atoms with Gasteiger partial charge in [-0.1, -0.05) is 12.1 Å². The van der Waals surface area contributed by atoms with E-state index in [0.717, 1.165) is 6.29 Å². The number of hydrogen-bond acceptors (Lipinski definition) is 6. The van der Waals surface area contributed by atoms with Gasteiger partial charge in [0.15, 0.2) is 0 Å². The minimum absolute atomic E-state index is 0.173. The van der Waals surface area contributed by atoms with Gasteiger partial charge < -0.3 is 18.9 Å². The summed E-state index contributed by atoms with van der Waals surface area (Å²) in [6.07, 6.45) is 0.720. The Morgan fingerprint density at radius 3 is 2.10 bits per heavy atom. The molecule has 0 bridgehead atoms. The molecule has 0 N–H and O–H groups in total. The number of carbonyl (C=O) groups excluding carboxylic acids is 2. The van der Waals surface area contributed by atoms with Gasteiger partial charge in [-0.15, -0.1) is 0 Å². The van der Waals surface area contributed by atoms with Crippen LogP contribution in [-0.4, -0.2) is 59.0 Å². The van der Waals surface area contributed by atoms with Gasteiger partial charge in [0.05, 0.1) is 38.6 Å². The van der Waals surface area contributed by atoms with E-state index in [-0.39, 0.29) is 6.61 Å². The van der Waals surface area contributed by atoms with Crippen molar-refractivity contribution in [3.63, 3.8) is 0 Å².